The van der Waals surface area contributed by atoms with Crippen LogP contribution in [0.25, 0.3) is 87.7 Å². The molecule has 0 amide bonds. The van der Waals surface area contributed by atoms with Crippen molar-refractivity contribution in [1.29, 1.82) is 0 Å². The van der Waals surface area contributed by atoms with E-state index in [4.69, 9.17) is 21.8 Å². The zero-order chi connectivity index (χ0) is 36.9. The van der Waals surface area contributed by atoms with E-state index in [2.05, 4.69) is 48.5 Å². The Kier molecular flexibility index (Phi) is 6.08. The van der Waals surface area contributed by atoms with Crippen LogP contribution in [0.2, 0.25) is 0 Å². The monoisotopic (exact) mass is 648 g/mol. The molecular weight excluding hydrogens is 615 g/mol. The van der Waals surface area contributed by atoms with Crippen molar-refractivity contribution < 1.29 is 6.85 Å². The molecule has 9 rings (SSSR count). The van der Waals surface area contributed by atoms with Gasteiger partial charge in [-0.3, -0.25) is 0 Å². The summed E-state index contributed by atoms with van der Waals surface area (Å²) in [6.07, 6.45) is 0. The predicted molar refractivity (Wildman–Crippen MR) is 205 cm³/mol. The van der Waals surface area contributed by atoms with Crippen molar-refractivity contribution in [2.75, 3.05) is 0 Å². The lowest BCUT2D eigenvalue weighted by Gasteiger charge is -2.10. The Labute approximate surface area is 295 Å². The van der Waals surface area contributed by atoms with Crippen LogP contribution in [0.5, 0.6) is 0 Å². The maximum atomic E-state index is 8.49. The second-order valence-electron chi connectivity index (χ2n) is 11.7. The van der Waals surface area contributed by atoms with E-state index >= 15 is 0 Å². The molecule has 0 unspecified atom stereocenters. The van der Waals surface area contributed by atoms with E-state index in [0.717, 1.165) is 59.1 Å². The van der Waals surface area contributed by atoms with Crippen molar-refractivity contribution in [2.45, 2.75) is 0 Å². The van der Waals surface area contributed by atoms with E-state index in [1.165, 1.54) is 0 Å². The highest BCUT2D eigenvalue weighted by Crippen LogP contribution is 2.41. The van der Waals surface area contributed by atoms with E-state index in [1.807, 2.05) is 91.0 Å². The van der Waals surface area contributed by atoms with Gasteiger partial charge in [0.25, 0.3) is 0 Å². The fourth-order valence-electron chi connectivity index (χ4n) is 6.25. The molecule has 4 heteroatoms. The third kappa shape index (κ3) is 5.58. The molecular formula is C45H29N3S. The minimum absolute atomic E-state index is 0.189. The number of benzene rings is 7. The summed E-state index contributed by atoms with van der Waals surface area (Å²) in [5, 5.41) is 2.20. The van der Waals surface area contributed by atoms with Gasteiger partial charge in [0.15, 0.2) is 17.5 Å². The van der Waals surface area contributed by atoms with E-state index in [0.29, 0.717) is 23.0 Å². The van der Waals surface area contributed by atoms with Gasteiger partial charge in [0.05, 0.1) is 6.85 Å². The molecule has 230 valence electrons. The number of thiophene rings is 1. The normalized spacial score (nSPS) is 12.7. The van der Waals surface area contributed by atoms with Gasteiger partial charge in [-0.05, 0) is 63.7 Å². The van der Waals surface area contributed by atoms with Crippen LogP contribution in [0.3, 0.4) is 0 Å². The zero-order valence-electron chi connectivity index (χ0n) is 31.1. The summed E-state index contributed by atoms with van der Waals surface area (Å²) in [4.78, 5) is 15.0. The van der Waals surface area contributed by atoms with Gasteiger partial charge in [0.1, 0.15) is 0 Å². The summed E-state index contributed by atoms with van der Waals surface area (Å²) in [6, 6.07) is 47.0. The van der Waals surface area contributed by atoms with Crippen molar-refractivity contribution in [3.63, 3.8) is 0 Å². The molecule has 3 nitrogen and oxygen atoms in total. The van der Waals surface area contributed by atoms with Crippen LogP contribution in [0.1, 0.15) is 6.85 Å². The lowest BCUT2D eigenvalue weighted by Crippen LogP contribution is -2.00. The van der Waals surface area contributed by atoms with Gasteiger partial charge < -0.3 is 0 Å². The second-order valence-corrected chi connectivity index (χ2v) is 12.8. The average Bonchev–Trinajstić information content (AvgIpc) is 3.61. The van der Waals surface area contributed by atoms with Crippen LogP contribution >= 0.6 is 11.3 Å². The minimum Gasteiger partial charge on any atom is -0.208 e. The molecule has 0 saturated heterocycles. The topological polar surface area (TPSA) is 38.7 Å². The van der Waals surface area contributed by atoms with Crippen LogP contribution in [-0.2, 0) is 0 Å². The highest BCUT2D eigenvalue weighted by atomic mass is 32.1. The molecule has 0 bridgehead atoms. The number of hydrogen-bond acceptors (Lipinski definition) is 4. The first-order chi connectivity index (χ1) is 26.3. The zero-order valence-corrected chi connectivity index (χ0v) is 26.9. The largest absolute Gasteiger partial charge is 0.208 e. The SMILES string of the molecule is [2H]c1c([2H])c([2H])c(-c2cccc(-c3cccc(-c4ccc5sc6cccc(-c7nc(-c8ccccc8)nc(-c8ccccc8)n7)c6c5c4)c3)c2)c([2H])c1[2H]. The van der Waals surface area contributed by atoms with Crippen LogP contribution in [-0.4, -0.2) is 15.0 Å². The lowest BCUT2D eigenvalue weighted by molar-refractivity contribution is 1.08. The van der Waals surface area contributed by atoms with Gasteiger partial charge in [-0.1, -0.05) is 145 Å². The first kappa shape index (κ1) is 24.0. The van der Waals surface area contributed by atoms with Crippen LogP contribution < -0.4 is 0 Å². The number of rotatable bonds is 6. The second kappa shape index (κ2) is 12.4. The predicted octanol–water partition coefficient (Wildman–Crippen LogP) is 12.2. The Bertz CT molecular complexity index is 2810. The molecule has 7 aromatic carbocycles. The molecule has 0 atom stereocenters. The Morgan fingerprint density at radius 3 is 1.51 bits per heavy atom. The summed E-state index contributed by atoms with van der Waals surface area (Å²) in [7, 11) is 0. The first-order valence-electron chi connectivity index (χ1n) is 18.4. The van der Waals surface area contributed by atoms with Gasteiger partial charge >= 0.3 is 0 Å². The standard InChI is InChI=1S/C45H29N3S/c1-4-13-30(14-5-1)33-19-10-20-34(27-33)35-21-11-22-36(28-35)37-25-26-40-39(29-37)42-38(23-12-24-41(42)49-40)45-47-43(31-15-6-2-7-16-31)46-44(48-45)32-17-8-3-9-18-32/h1-29H/i1D,4D,5D,13D,14D. The fourth-order valence-corrected chi connectivity index (χ4v) is 7.36. The minimum atomic E-state index is -0.401. The van der Waals surface area contributed by atoms with Crippen LogP contribution in [0.4, 0.5) is 0 Å². The third-order valence-electron chi connectivity index (χ3n) is 8.62. The summed E-state index contributed by atoms with van der Waals surface area (Å²) in [5.41, 5.74) is 7.43. The van der Waals surface area contributed by atoms with E-state index in [1.54, 1.807) is 17.4 Å². The summed E-state index contributed by atoms with van der Waals surface area (Å²) in [6.45, 7) is 0. The highest BCUT2D eigenvalue weighted by Gasteiger charge is 2.17. The fraction of sp³-hybridized carbons (Fsp3) is 0. The molecule has 49 heavy (non-hydrogen) atoms. The summed E-state index contributed by atoms with van der Waals surface area (Å²) in [5.74, 6) is 1.84. The van der Waals surface area contributed by atoms with Crippen molar-refractivity contribution >= 4 is 31.5 Å². The number of nitrogens with zero attached hydrogens (tertiary/aromatic N) is 3. The molecule has 0 aliphatic carbocycles. The summed E-state index contributed by atoms with van der Waals surface area (Å²) >= 11 is 1.74. The maximum absolute atomic E-state index is 8.49. The number of hydrogen-bond donors (Lipinski definition) is 0. The van der Waals surface area contributed by atoms with Crippen molar-refractivity contribution in [1.82, 2.24) is 15.0 Å². The van der Waals surface area contributed by atoms with Crippen LogP contribution in [0.15, 0.2) is 176 Å². The van der Waals surface area contributed by atoms with E-state index in [9.17, 15) is 0 Å². The molecule has 0 radical (unpaired) electrons. The van der Waals surface area contributed by atoms with Gasteiger partial charge in [0, 0.05) is 36.9 Å². The quantitative estimate of drug-likeness (QED) is 0.180. The average molecular weight is 649 g/mol. The van der Waals surface area contributed by atoms with E-state index < -0.39 is 6.04 Å². The number of aromatic nitrogens is 3. The van der Waals surface area contributed by atoms with Crippen molar-refractivity contribution in [3.8, 4) is 67.5 Å². The molecule has 0 spiro atoms. The molecule has 0 fully saturated rings. The molecule has 0 aliphatic heterocycles. The molecule has 2 aromatic heterocycles. The van der Waals surface area contributed by atoms with Crippen molar-refractivity contribution in [3.05, 3.63) is 176 Å². The Balaban J connectivity index is 1.16. The summed E-state index contributed by atoms with van der Waals surface area (Å²) < 4.78 is 43.6. The van der Waals surface area contributed by atoms with E-state index in [-0.39, 0.29) is 29.7 Å². The van der Waals surface area contributed by atoms with Crippen molar-refractivity contribution in [2.24, 2.45) is 0 Å². The highest BCUT2D eigenvalue weighted by molar-refractivity contribution is 7.26. The first-order valence-corrected chi connectivity index (χ1v) is 16.8. The van der Waals surface area contributed by atoms with Gasteiger partial charge in [0.2, 0.25) is 0 Å². The molecule has 2 heterocycles. The number of fused-ring (bicyclic) bond motifs is 3. The van der Waals surface area contributed by atoms with Gasteiger partial charge in [-0.2, -0.15) is 0 Å². The smallest absolute Gasteiger partial charge is 0.164 e. The molecule has 0 aliphatic rings. The Hall–Kier alpha value is -6.23. The lowest BCUT2D eigenvalue weighted by atomic mass is 9.95. The Morgan fingerprint density at radius 1 is 0.388 bits per heavy atom. The molecule has 0 saturated carbocycles. The third-order valence-corrected chi connectivity index (χ3v) is 9.75. The Morgan fingerprint density at radius 2 is 0.898 bits per heavy atom. The maximum Gasteiger partial charge on any atom is 0.164 e. The van der Waals surface area contributed by atoms with Crippen LogP contribution in [0, 0.1) is 0 Å². The van der Waals surface area contributed by atoms with Gasteiger partial charge in [-0.15, -0.1) is 11.3 Å². The van der Waals surface area contributed by atoms with Gasteiger partial charge in [-0.25, -0.2) is 15.0 Å². The molecule has 0 N–H and O–H groups in total. The molecule has 9 aromatic rings.